The fourth-order valence-corrected chi connectivity index (χ4v) is 1.39. The van der Waals surface area contributed by atoms with Crippen LogP contribution in [-0.4, -0.2) is 56.2 Å². The van der Waals surface area contributed by atoms with Crippen molar-refractivity contribution >= 4 is 0 Å². The lowest BCUT2D eigenvalue weighted by molar-refractivity contribution is -0.144. The zero-order valence-corrected chi connectivity index (χ0v) is 8.24. The fourth-order valence-electron chi connectivity index (χ4n) is 1.39. The molecule has 6 nitrogen and oxygen atoms in total. The highest BCUT2D eigenvalue weighted by Crippen LogP contribution is 2.24. The van der Waals surface area contributed by atoms with Crippen molar-refractivity contribution in [2.45, 2.75) is 44.1 Å². The molecule has 0 aliphatic carbocycles. The Hall–Kier alpha value is -0.660. The monoisotopic (exact) mass is 221 g/mol. The Morgan fingerprint density at radius 3 is 2.47 bits per heavy atom. The van der Waals surface area contributed by atoms with E-state index >= 15 is 0 Å². The number of hydrogen-bond donors (Lipinski definition) is 5. The highest BCUT2D eigenvalue weighted by Gasteiger charge is 2.46. The molecule has 1 saturated heterocycles. The molecule has 0 amide bonds. The van der Waals surface area contributed by atoms with Gasteiger partial charge in [0.25, 0.3) is 0 Å². The molecule has 0 aromatic carbocycles. The number of hydrogen-bond acceptors (Lipinski definition) is 6. The zero-order valence-electron chi connectivity index (χ0n) is 9.24. The van der Waals surface area contributed by atoms with Crippen LogP contribution in [0.3, 0.4) is 0 Å². The van der Waals surface area contributed by atoms with Crippen LogP contribution >= 0.6 is 0 Å². The number of aliphatic hydroxyl groups is 5. The van der Waals surface area contributed by atoms with E-state index < -0.39 is 36.5 Å². The lowest BCUT2D eigenvalue weighted by Gasteiger charge is -2.20. The minimum absolute atomic E-state index is 0.195. The quantitative estimate of drug-likeness (QED) is 0.376. The molecule has 88 valence electrons. The largest absolute Gasteiger partial charge is 0.510 e. The van der Waals surface area contributed by atoms with Gasteiger partial charge in [-0.25, -0.2) is 0 Å². The van der Waals surface area contributed by atoms with Crippen molar-refractivity contribution in [3.8, 4) is 0 Å². The van der Waals surface area contributed by atoms with Crippen molar-refractivity contribution in [3.05, 3.63) is 11.8 Å². The molecular weight excluding hydrogens is 204 g/mol. The Kier molecular flexibility index (Phi) is 3.55. The Balaban J connectivity index is 2.80. The SMILES string of the molecule is [2H]C(CC)=C(O)[C@@H](O)[C@H]1OC(O)[C@H](O)[C@@H]1O. The summed E-state index contributed by atoms with van der Waals surface area (Å²) in [5.74, 6) is -0.632. The molecule has 0 saturated carbocycles. The Bertz CT molecular complexity index is 281. The molecule has 1 aliphatic rings. The maximum atomic E-state index is 9.59. The third-order valence-corrected chi connectivity index (χ3v) is 2.22. The molecule has 0 bridgehead atoms. The predicted molar refractivity (Wildman–Crippen MR) is 49.9 cm³/mol. The second kappa shape index (κ2) is 4.91. The van der Waals surface area contributed by atoms with Gasteiger partial charge in [0.1, 0.15) is 30.2 Å². The van der Waals surface area contributed by atoms with Crippen molar-refractivity contribution in [2.24, 2.45) is 0 Å². The van der Waals surface area contributed by atoms with Gasteiger partial charge in [-0.1, -0.05) is 6.92 Å². The van der Waals surface area contributed by atoms with Gasteiger partial charge in [-0.2, -0.15) is 0 Å². The maximum absolute atomic E-state index is 9.59. The molecule has 0 aromatic rings. The highest BCUT2D eigenvalue weighted by molar-refractivity contribution is 5.05. The van der Waals surface area contributed by atoms with E-state index in [0.29, 0.717) is 0 Å². The molecule has 0 spiro atoms. The van der Waals surface area contributed by atoms with Gasteiger partial charge < -0.3 is 30.3 Å². The Labute approximate surface area is 88.5 Å². The van der Waals surface area contributed by atoms with Crippen molar-refractivity contribution in [1.29, 1.82) is 0 Å². The van der Waals surface area contributed by atoms with Crippen LogP contribution in [0.5, 0.6) is 0 Å². The van der Waals surface area contributed by atoms with Crippen molar-refractivity contribution in [1.82, 2.24) is 0 Å². The van der Waals surface area contributed by atoms with E-state index in [1.807, 2.05) is 0 Å². The molecule has 1 fully saturated rings. The molecule has 0 radical (unpaired) electrons. The van der Waals surface area contributed by atoms with Gasteiger partial charge in [-0.3, -0.25) is 0 Å². The second-order valence-electron chi connectivity index (χ2n) is 3.33. The van der Waals surface area contributed by atoms with Crippen LogP contribution in [0.1, 0.15) is 14.7 Å². The zero-order chi connectivity index (χ0) is 12.5. The summed E-state index contributed by atoms with van der Waals surface area (Å²) in [6.07, 6.45) is -7.46. The lowest BCUT2D eigenvalue weighted by atomic mass is 10.0. The molecule has 6 heteroatoms. The van der Waals surface area contributed by atoms with Gasteiger partial charge in [0.2, 0.25) is 0 Å². The van der Waals surface area contributed by atoms with Crippen LogP contribution in [0.25, 0.3) is 0 Å². The second-order valence-corrected chi connectivity index (χ2v) is 3.33. The van der Waals surface area contributed by atoms with Gasteiger partial charge in [0.15, 0.2) is 6.29 Å². The first-order chi connectivity index (χ1) is 7.40. The first kappa shape index (κ1) is 10.8. The van der Waals surface area contributed by atoms with Crippen LogP contribution in [0.15, 0.2) is 11.8 Å². The first-order valence-corrected chi connectivity index (χ1v) is 4.66. The summed E-state index contributed by atoms with van der Waals surface area (Å²) in [6.45, 7) is 1.61. The highest BCUT2D eigenvalue weighted by atomic mass is 16.6. The van der Waals surface area contributed by atoms with Gasteiger partial charge in [-0.15, -0.1) is 0 Å². The van der Waals surface area contributed by atoms with Gasteiger partial charge >= 0.3 is 0 Å². The van der Waals surface area contributed by atoms with Crippen LogP contribution in [-0.2, 0) is 4.74 Å². The standard InChI is InChI=1S/C9H16O6/c1-2-3-4(10)5(11)8-6(12)7(13)9(14)15-8/h3,5-14H,2H2,1H3/t5-,6+,7-,8-,9?/m1/s1/i3D. The van der Waals surface area contributed by atoms with Crippen molar-refractivity contribution < 1.29 is 31.6 Å². The average molecular weight is 221 g/mol. The van der Waals surface area contributed by atoms with Crippen LogP contribution < -0.4 is 0 Å². The lowest BCUT2D eigenvalue weighted by Crippen LogP contribution is -2.39. The molecule has 1 heterocycles. The number of ether oxygens (including phenoxy) is 1. The van der Waals surface area contributed by atoms with Gasteiger partial charge in [-0.05, 0) is 12.5 Å². The number of rotatable bonds is 3. The summed E-state index contributed by atoms with van der Waals surface area (Å²) in [5, 5.41) is 46.7. The Morgan fingerprint density at radius 1 is 1.47 bits per heavy atom. The molecular formula is C9H16O6. The third-order valence-electron chi connectivity index (χ3n) is 2.22. The smallest absolute Gasteiger partial charge is 0.184 e. The maximum Gasteiger partial charge on any atom is 0.184 e. The van der Waals surface area contributed by atoms with Crippen molar-refractivity contribution in [2.75, 3.05) is 0 Å². The predicted octanol–water partition coefficient (Wildman–Crippen LogP) is -1.36. The van der Waals surface area contributed by atoms with E-state index in [-0.39, 0.29) is 12.5 Å². The normalized spacial score (nSPS) is 41.0. The fraction of sp³-hybridized carbons (Fsp3) is 0.778. The van der Waals surface area contributed by atoms with Gasteiger partial charge in [0.05, 0.1) is 1.37 Å². The van der Waals surface area contributed by atoms with E-state index in [4.69, 9.17) is 11.2 Å². The molecule has 5 atom stereocenters. The summed E-state index contributed by atoms with van der Waals surface area (Å²) < 4.78 is 12.0. The van der Waals surface area contributed by atoms with E-state index in [2.05, 4.69) is 0 Å². The van der Waals surface area contributed by atoms with Gasteiger partial charge in [0, 0.05) is 0 Å². The molecule has 1 unspecified atom stereocenters. The molecule has 1 rings (SSSR count). The first-order valence-electron chi connectivity index (χ1n) is 5.16. The van der Waals surface area contributed by atoms with E-state index in [9.17, 15) is 20.4 Å². The van der Waals surface area contributed by atoms with E-state index in [0.717, 1.165) is 0 Å². The summed E-state index contributed by atoms with van der Waals surface area (Å²) in [7, 11) is 0. The number of aliphatic hydroxyl groups excluding tert-OH is 5. The average Bonchev–Trinajstić information content (AvgIpc) is 2.54. The van der Waals surface area contributed by atoms with E-state index in [1.54, 1.807) is 6.92 Å². The third kappa shape index (κ3) is 2.47. The summed E-state index contributed by atoms with van der Waals surface area (Å²) in [4.78, 5) is 0. The van der Waals surface area contributed by atoms with Crippen LogP contribution in [0, 0.1) is 0 Å². The summed E-state index contributed by atoms with van der Waals surface area (Å²) in [6, 6.07) is -0.195. The topological polar surface area (TPSA) is 110 Å². The minimum atomic E-state index is -1.64. The van der Waals surface area contributed by atoms with Crippen LogP contribution in [0.4, 0.5) is 0 Å². The summed E-state index contributed by atoms with van der Waals surface area (Å²) in [5.41, 5.74) is 0. The molecule has 1 aliphatic heterocycles. The van der Waals surface area contributed by atoms with Crippen molar-refractivity contribution in [3.63, 3.8) is 0 Å². The minimum Gasteiger partial charge on any atom is -0.510 e. The summed E-state index contributed by atoms with van der Waals surface area (Å²) >= 11 is 0. The number of allylic oxidation sites excluding steroid dienone is 1. The molecule has 0 aromatic heterocycles. The molecule has 5 N–H and O–H groups in total. The molecule has 15 heavy (non-hydrogen) atoms. The Morgan fingerprint density at radius 2 is 2.07 bits per heavy atom. The van der Waals surface area contributed by atoms with E-state index in [1.165, 1.54) is 0 Å². The van der Waals surface area contributed by atoms with Crippen LogP contribution in [0.2, 0.25) is 0 Å².